The first kappa shape index (κ1) is 31.3. The van der Waals surface area contributed by atoms with Crippen LogP contribution in [-0.4, -0.2) is 64.4 Å². The van der Waals surface area contributed by atoms with Gasteiger partial charge in [-0.3, -0.25) is 19.6 Å². The number of hydrogen-bond acceptors (Lipinski definition) is 9. The maximum absolute atomic E-state index is 13.1. The fraction of sp³-hybridized carbons (Fsp3) is 0.480. The highest BCUT2D eigenvalue weighted by Gasteiger charge is 2.23. The minimum atomic E-state index is -4.23. The maximum Gasteiger partial charge on any atom is 0.422 e. The van der Waals surface area contributed by atoms with Crippen molar-refractivity contribution in [1.82, 2.24) is 28.8 Å². The predicted molar refractivity (Wildman–Crippen MR) is 151 cm³/mol. The smallest absolute Gasteiger partial charge is 0.422 e. The number of carbonyl (C=O) groups is 3. The Kier molecular flexibility index (Phi) is 9.60. The largest absolute Gasteiger partial charge is 0.490 e. The van der Waals surface area contributed by atoms with Crippen molar-refractivity contribution in [3.63, 3.8) is 0 Å². The Balaban J connectivity index is 1.86. The van der Waals surface area contributed by atoms with E-state index in [1.54, 1.807) is 47.7 Å². The van der Waals surface area contributed by atoms with Crippen molar-refractivity contribution < 1.29 is 32.3 Å². The number of rotatable bonds is 12. The van der Waals surface area contributed by atoms with Gasteiger partial charge in [-0.1, -0.05) is 6.92 Å². The second-order valence-corrected chi connectivity index (χ2v) is 11.6. The zero-order valence-corrected chi connectivity index (χ0v) is 24.7. The molecule has 224 valence electrons. The molecule has 0 saturated heterocycles. The normalized spacial score (nSPS) is 11.9. The van der Waals surface area contributed by atoms with Crippen molar-refractivity contribution >= 4 is 45.1 Å². The molecule has 0 bridgehead atoms. The Morgan fingerprint density at radius 2 is 1.83 bits per heavy atom. The quantitative estimate of drug-likeness (QED) is 0.227. The summed E-state index contributed by atoms with van der Waals surface area (Å²) in [5.41, 5.74) is 6.62. The first-order chi connectivity index (χ1) is 19.1. The number of anilines is 1. The molecule has 41 heavy (non-hydrogen) atoms. The summed E-state index contributed by atoms with van der Waals surface area (Å²) in [6.45, 7) is 10.9. The molecule has 0 atom stereocenters. The number of aryl methyl sites for hydroxylation is 3. The molecule has 3 rings (SSSR count). The average molecular weight is 593 g/mol. The van der Waals surface area contributed by atoms with Crippen molar-refractivity contribution in [3.8, 4) is 5.75 Å². The Morgan fingerprint density at radius 3 is 2.44 bits per heavy atom. The highest BCUT2D eigenvalue weighted by molar-refractivity contribution is 7.88. The second-order valence-electron chi connectivity index (χ2n) is 10.1. The molecule has 0 fully saturated rings. The number of nitrogens with zero attached hydrogens (tertiary/aromatic N) is 4. The first-order valence-electron chi connectivity index (χ1n) is 13.0. The molecule has 0 saturated carbocycles. The number of carbonyl (C=O) groups excluding carboxylic acids is 3. The fourth-order valence-corrected chi connectivity index (χ4v) is 4.62. The number of primary amides is 1. The fourth-order valence-electron chi connectivity index (χ4n) is 3.94. The monoisotopic (exact) mass is 592 g/mol. The van der Waals surface area contributed by atoms with Crippen LogP contribution in [0.5, 0.6) is 5.75 Å². The number of amides is 3. The molecule has 0 aliphatic heterocycles. The lowest BCUT2D eigenvalue weighted by Crippen LogP contribution is -2.43. The van der Waals surface area contributed by atoms with Crippen LogP contribution in [0.1, 0.15) is 67.6 Å². The molecule has 0 unspecified atom stereocenters. The molecular weight excluding hydrogens is 556 g/mol. The Bertz CT molecular complexity index is 1550. The van der Waals surface area contributed by atoms with Crippen LogP contribution in [0.4, 0.5) is 10.7 Å². The van der Waals surface area contributed by atoms with Gasteiger partial charge in [0.05, 0.1) is 11.2 Å². The SMILES string of the molecule is CCCn1c(NC(=O)c2cc(C)nn2CC)nc2cc(C(N)=O)cc(OCCNS(=O)(=O)NC(=O)OC(C)(C)C)c21. The summed E-state index contributed by atoms with van der Waals surface area (Å²) < 4.78 is 42.5. The second kappa shape index (κ2) is 12.6. The standard InChI is InChI=1S/C25H36N8O7S/c1-7-10-32-20-17(28-23(32)29-22(35)18-12-15(3)30-33(18)8-2)13-16(21(26)34)14-19(20)39-11-9-27-41(37,38)31-24(36)40-25(4,5)6/h12-14,27H,7-11H2,1-6H3,(H2,26,34)(H,31,36)(H,28,29,35). The third kappa shape index (κ3) is 8.17. The molecule has 3 aromatic rings. The van der Waals surface area contributed by atoms with E-state index in [2.05, 4.69) is 20.1 Å². The lowest BCUT2D eigenvalue weighted by molar-refractivity contribution is 0.0569. The maximum atomic E-state index is 13.1. The molecule has 16 heteroatoms. The molecule has 15 nitrogen and oxygen atoms in total. The zero-order valence-electron chi connectivity index (χ0n) is 23.9. The van der Waals surface area contributed by atoms with Gasteiger partial charge in [0.25, 0.3) is 5.91 Å². The van der Waals surface area contributed by atoms with Crippen molar-refractivity contribution in [3.05, 3.63) is 35.2 Å². The van der Waals surface area contributed by atoms with Gasteiger partial charge in [0.1, 0.15) is 29.2 Å². The summed E-state index contributed by atoms with van der Waals surface area (Å²) in [7, 11) is -4.23. The van der Waals surface area contributed by atoms with Crippen molar-refractivity contribution in [2.75, 3.05) is 18.5 Å². The lowest BCUT2D eigenvalue weighted by atomic mass is 10.1. The third-order valence-corrected chi connectivity index (χ3v) is 6.49. The number of nitrogens with two attached hydrogens (primary N) is 1. The zero-order chi connectivity index (χ0) is 30.5. The van der Waals surface area contributed by atoms with Crippen LogP contribution in [0, 0.1) is 6.92 Å². The van der Waals surface area contributed by atoms with Gasteiger partial charge < -0.3 is 19.8 Å². The van der Waals surface area contributed by atoms with E-state index in [1.807, 2.05) is 13.8 Å². The Labute approximate surface area is 237 Å². The molecule has 0 radical (unpaired) electrons. The minimum absolute atomic E-state index is 0.110. The molecule has 0 aliphatic rings. The van der Waals surface area contributed by atoms with Crippen LogP contribution in [0.25, 0.3) is 11.0 Å². The summed E-state index contributed by atoms with van der Waals surface area (Å²) in [5, 5.41) is 7.13. The number of ether oxygens (including phenoxy) is 2. The van der Waals surface area contributed by atoms with Crippen LogP contribution in [0.3, 0.4) is 0 Å². The Hall–Kier alpha value is -4.18. The van der Waals surface area contributed by atoms with Gasteiger partial charge in [0, 0.05) is 25.2 Å². The number of hydrogen-bond donors (Lipinski definition) is 4. The van der Waals surface area contributed by atoms with E-state index < -0.39 is 33.7 Å². The van der Waals surface area contributed by atoms with Gasteiger partial charge in [0.15, 0.2) is 0 Å². The molecule has 2 aromatic heterocycles. The van der Waals surface area contributed by atoms with E-state index in [9.17, 15) is 22.8 Å². The summed E-state index contributed by atoms with van der Waals surface area (Å²) in [6.07, 6.45) is -0.454. The average Bonchev–Trinajstić information content (AvgIpc) is 3.40. The number of nitrogens with one attached hydrogen (secondary N) is 3. The molecular formula is C25H36N8O7S. The van der Waals surface area contributed by atoms with Crippen LogP contribution in [0.15, 0.2) is 18.2 Å². The topological polar surface area (TPSA) is 202 Å². The van der Waals surface area contributed by atoms with Crippen LogP contribution < -0.4 is 25.2 Å². The summed E-state index contributed by atoms with van der Waals surface area (Å²) in [6, 6.07) is 4.58. The minimum Gasteiger partial charge on any atom is -0.490 e. The van der Waals surface area contributed by atoms with Crippen LogP contribution in [-0.2, 0) is 28.0 Å². The van der Waals surface area contributed by atoms with Crippen LogP contribution in [0.2, 0.25) is 0 Å². The number of aromatic nitrogens is 4. The molecule has 0 aliphatic carbocycles. The lowest BCUT2D eigenvalue weighted by Gasteiger charge is -2.19. The number of fused-ring (bicyclic) bond motifs is 1. The first-order valence-corrected chi connectivity index (χ1v) is 14.5. The summed E-state index contributed by atoms with van der Waals surface area (Å²) in [4.78, 5) is 41.5. The van der Waals surface area contributed by atoms with E-state index in [4.69, 9.17) is 15.2 Å². The third-order valence-electron chi connectivity index (χ3n) is 5.47. The van der Waals surface area contributed by atoms with Gasteiger partial charge in [-0.15, -0.1) is 0 Å². The van der Waals surface area contributed by atoms with Crippen molar-refractivity contribution in [2.45, 2.75) is 66.7 Å². The molecule has 5 N–H and O–H groups in total. The van der Waals surface area contributed by atoms with Gasteiger partial charge >= 0.3 is 16.3 Å². The van der Waals surface area contributed by atoms with E-state index in [0.717, 1.165) is 0 Å². The van der Waals surface area contributed by atoms with Crippen molar-refractivity contribution in [1.29, 1.82) is 0 Å². The molecule has 1 aromatic carbocycles. The van der Waals surface area contributed by atoms with Crippen molar-refractivity contribution in [2.24, 2.45) is 5.73 Å². The summed E-state index contributed by atoms with van der Waals surface area (Å²) >= 11 is 0. The van der Waals surface area contributed by atoms with E-state index in [1.165, 1.54) is 12.1 Å². The molecule has 2 heterocycles. The number of imidazole rings is 1. The number of benzene rings is 1. The molecule has 0 spiro atoms. The highest BCUT2D eigenvalue weighted by Crippen LogP contribution is 2.31. The van der Waals surface area contributed by atoms with Crippen LogP contribution >= 0.6 is 0 Å². The van der Waals surface area contributed by atoms with Gasteiger partial charge in [-0.2, -0.15) is 18.2 Å². The van der Waals surface area contributed by atoms with Gasteiger partial charge in [-0.25, -0.2) is 14.5 Å². The Morgan fingerprint density at radius 1 is 1.12 bits per heavy atom. The van der Waals surface area contributed by atoms with Gasteiger partial charge in [-0.05, 0) is 59.2 Å². The van der Waals surface area contributed by atoms with Gasteiger partial charge in [0.2, 0.25) is 11.9 Å². The van der Waals surface area contributed by atoms with E-state index in [0.29, 0.717) is 41.9 Å². The highest BCUT2D eigenvalue weighted by atomic mass is 32.2. The van der Waals surface area contributed by atoms with E-state index in [-0.39, 0.29) is 30.4 Å². The van der Waals surface area contributed by atoms with E-state index >= 15 is 0 Å². The predicted octanol–water partition coefficient (Wildman–Crippen LogP) is 2.06. The summed E-state index contributed by atoms with van der Waals surface area (Å²) in [5.74, 6) is -0.713. The molecule has 3 amide bonds.